The minimum Gasteiger partial charge on any atom is -0.394 e. The number of rotatable bonds is 25. The van der Waals surface area contributed by atoms with Gasteiger partial charge in [0, 0.05) is 60.2 Å². The topological polar surface area (TPSA) is 182 Å². The lowest BCUT2D eigenvalue weighted by Crippen LogP contribution is -2.45. The van der Waals surface area contributed by atoms with E-state index in [9.17, 15) is 29.7 Å². The first-order valence-electron chi connectivity index (χ1n) is 11.8. The van der Waals surface area contributed by atoms with Crippen LogP contribution in [0.4, 0.5) is 0 Å². The van der Waals surface area contributed by atoms with E-state index in [0.29, 0.717) is 43.2 Å². The summed E-state index contributed by atoms with van der Waals surface area (Å²) >= 11 is 0. The Bertz CT molecular complexity index is 569. The average molecular weight is 558 g/mol. The minimum atomic E-state index is -3.19. The highest BCUT2D eigenvalue weighted by Gasteiger charge is 2.37. The molecule has 0 amide bonds. The van der Waals surface area contributed by atoms with Crippen LogP contribution in [0.5, 0.6) is 0 Å². The Morgan fingerprint density at radius 3 is 1.53 bits per heavy atom. The Balaban J connectivity index is 4.47. The van der Waals surface area contributed by atoms with Gasteiger partial charge in [0.1, 0.15) is 17.7 Å². The van der Waals surface area contributed by atoms with Crippen LogP contribution < -0.4 is 0 Å². The molecule has 36 heavy (non-hydrogen) atoms. The van der Waals surface area contributed by atoms with E-state index in [1.54, 1.807) is 4.90 Å². The van der Waals surface area contributed by atoms with Gasteiger partial charge in [0.05, 0.1) is 38.1 Å². The van der Waals surface area contributed by atoms with Crippen molar-refractivity contribution in [3.63, 3.8) is 0 Å². The Labute approximate surface area is 214 Å². The van der Waals surface area contributed by atoms with Crippen molar-refractivity contribution in [3.05, 3.63) is 0 Å². The number of carbonyl (C=O) groups excluding carboxylic acids is 3. The average Bonchev–Trinajstić information content (AvgIpc) is 2.88. The second-order valence-electron chi connectivity index (χ2n) is 8.48. The molecule has 0 saturated heterocycles. The highest BCUT2D eigenvalue weighted by molar-refractivity contribution is 7.32. The van der Waals surface area contributed by atoms with E-state index in [0.717, 1.165) is 0 Å². The number of carbonyl (C=O) groups is 3. The van der Waals surface area contributed by atoms with Crippen LogP contribution in [0.25, 0.3) is 0 Å². The highest BCUT2D eigenvalue weighted by Crippen LogP contribution is 2.15. The number of aliphatic hydroxyl groups excluding tert-OH is 4. The van der Waals surface area contributed by atoms with Crippen LogP contribution in [-0.2, 0) is 37.1 Å². The highest BCUT2D eigenvalue weighted by atomic mass is 28.4. The maximum atomic E-state index is 11.0. The van der Waals surface area contributed by atoms with E-state index in [4.69, 9.17) is 27.9 Å². The molecule has 0 spiro atoms. The monoisotopic (exact) mass is 557 g/mol. The van der Waals surface area contributed by atoms with E-state index in [1.165, 1.54) is 21.3 Å². The van der Waals surface area contributed by atoms with Gasteiger partial charge in [-0.1, -0.05) is 0 Å². The zero-order valence-corrected chi connectivity index (χ0v) is 23.5. The Morgan fingerprint density at radius 2 is 1.14 bits per heavy atom. The number of nitrogens with zero attached hydrogens (tertiary/aromatic N) is 1. The van der Waals surface area contributed by atoms with E-state index in [-0.39, 0.29) is 45.5 Å². The van der Waals surface area contributed by atoms with Gasteiger partial charge in [0.25, 0.3) is 8.07 Å². The fraction of sp³-hybridized carbons (Fsp3) is 0.857. The maximum Gasteiger partial charge on any atom is 0.500 e. The fourth-order valence-electron chi connectivity index (χ4n) is 3.41. The third-order valence-corrected chi connectivity index (χ3v) is 10.9. The number of ether oxygens (including phenoxy) is 2. The summed E-state index contributed by atoms with van der Waals surface area (Å²) < 4.78 is 26.9. The Morgan fingerprint density at radius 1 is 0.722 bits per heavy atom. The molecule has 0 aliphatic rings. The molecule has 0 aliphatic carbocycles. The first-order valence-corrected chi connectivity index (χ1v) is 16.1. The zero-order valence-electron chi connectivity index (χ0n) is 21.5. The van der Waals surface area contributed by atoms with Crippen LogP contribution in [0.2, 0.25) is 12.1 Å². The molecule has 0 aromatic heterocycles. The van der Waals surface area contributed by atoms with Crippen molar-refractivity contribution < 1.29 is 57.6 Å². The zero-order chi connectivity index (χ0) is 27.5. The predicted octanol–water partition coefficient (Wildman–Crippen LogP) is -2.18. The van der Waals surface area contributed by atoms with Crippen molar-refractivity contribution in [1.82, 2.24) is 4.90 Å². The van der Waals surface area contributed by atoms with Gasteiger partial charge in [-0.05, 0) is 18.9 Å². The molecule has 3 unspecified atom stereocenters. The van der Waals surface area contributed by atoms with Crippen molar-refractivity contribution in [2.75, 3.05) is 74.0 Å². The van der Waals surface area contributed by atoms with Gasteiger partial charge in [0.15, 0.2) is 0 Å². The lowest BCUT2D eigenvalue weighted by atomic mass is 10.2. The summed E-state index contributed by atoms with van der Waals surface area (Å²) in [4.78, 5) is 34.6. The maximum absolute atomic E-state index is 11.0. The van der Waals surface area contributed by atoms with Crippen LogP contribution in [0.3, 0.4) is 0 Å². The van der Waals surface area contributed by atoms with Crippen molar-refractivity contribution in [2.24, 2.45) is 0 Å². The summed E-state index contributed by atoms with van der Waals surface area (Å²) in [5, 5.41) is 39.6. The standard InChI is InChI=1S/C21H43NO12Si2/c1-30-36(31-2,32-3)9-5-7-34-15-21(29)12-22(10-19(27)13-23)11-20(28)14-33-6-4-8-35(16-24,17-25)18-26/h16-21,23,27-29H,4-15H2,1-3H3. The van der Waals surface area contributed by atoms with Crippen LogP contribution in [0.1, 0.15) is 12.8 Å². The first-order chi connectivity index (χ1) is 17.2. The van der Waals surface area contributed by atoms with E-state index in [1.807, 2.05) is 0 Å². The molecule has 13 nitrogen and oxygen atoms in total. The smallest absolute Gasteiger partial charge is 0.394 e. The number of aliphatic hydroxyl groups is 4. The molecule has 0 fully saturated rings. The summed E-state index contributed by atoms with van der Waals surface area (Å²) in [6, 6.07) is 0.697. The second-order valence-corrected chi connectivity index (χ2v) is 15.0. The van der Waals surface area contributed by atoms with Gasteiger partial charge >= 0.3 is 8.80 Å². The largest absolute Gasteiger partial charge is 0.500 e. The van der Waals surface area contributed by atoms with Crippen LogP contribution in [-0.4, -0.2) is 152 Å². The normalized spacial score (nSPS) is 15.0. The van der Waals surface area contributed by atoms with E-state index in [2.05, 4.69) is 0 Å². The van der Waals surface area contributed by atoms with Crippen molar-refractivity contribution in [1.29, 1.82) is 0 Å². The lowest BCUT2D eigenvalue weighted by molar-refractivity contribution is -0.0255. The van der Waals surface area contributed by atoms with E-state index < -0.39 is 41.8 Å². The molecule has 4 N–H and O–H groups in total. The molecular weight excluding hydrogens is 514 g/mol. The van der Waals surface area contributed by atoms with Crippen molar-refractivity contribution >= 4 is 34.6 Å². The van der Waals surface area contributed by atoms with Gasteiger partial charge in [-0.2, -0.15) is 0 Å². The minimum absolute atomic E-state index is 0.0143. The quantitative estimate of drug-likeness (QED) is 0.0541. The van der Waals surface area contributed by atoms with Gasteiger partial charge in [-0.25, -0.2) is 0 Å². The van der Waals surface area contributed by atoms with Gasteiger partial charge in [-0.3, -0.25) is 4.90 Å². The number of hydrogen-bond donors (Lipinski definition) is 4. The second kappa shape index (κ2) is 20.1. The van der Waals surface area contributed by atoms with Crippen LogP contribution in [0, 0.1) is 0 Å². The van der Waals surface area contributed by atoms with Gasteiger partial charge in [-0.15, -0.1) is 0 Å². The molecule has 0 aromatic rings. The molecule has 3 atom stereocenters. The third kappa shape index (κ3) is 14.1. The summed E-state index contributed by atoms with van der Waals surface area (Å²) in [5.74, 6) is 1.32. The van der Waals surface area contributed by atoms with Crippen LogP contribution >= 0.6 is 0 Å². The molecule has 0 rings (SSSR count). The number of hydrogen-bond acceptors (Lipinski definition) is 13. The molecular formula is C21H43NO12Si2. The van der Waals surface area contributed by atoms with E-state index >= 15 is 0 Å². The molecule has 0 bridgehead atoms. The summed E-state index contributed by atoms with van der Waals surface area (Å²) in [5.41, 5.74) is 0. The van der Waals surface area contributed by atoms with Gasteiger partial charge in [0.2, 0.25) is 0 Å². The molecule has 15 heteroatoms. The molecule has 0 aliphatic heterocycles. The third-order valence-electron chi connectivity index (χ3n) is 5.50. The SMILES string of the molecule is CO[Si](CCCOCC(O)CN(CC(O)CO)CC(O)COCCC[Si](C=O)(C=O)C=O)(OC)OC. The molecule has 0 aromatic carbocycles. The molecule has 0 saturated carbocycles. The first kappa shape index (κ1) is 35.0. The Kier molecular flexibility index (Phi) is 19.5. The summed E-state index contributed by atoms with van der Waals surface area (Å²) in [6.07, 6.45) is -2.01. The lowest BCUT2D eigenvalue weighted by Gasteiger charge is -2.28. The van der Waals surface area contributed by atoms with Crippen molar-refractivity contribution in [3.8, 4) is 0 Å². The van der Waals surface area contributed by atoms with Crippen LogP contribution in [0.15, 0.2) is 0 Å². The summed E-state index contributed by atoms with van der Waals surface area (Å²) in [7, 11) is -1.29. The molecule has 212 valence electrons. The summed E-state index contributed by atoms with van der Waals surface area (Å²) in [6.45, 7) is 0.114. The van der Waals surface area contributed by atoms with Crippen molar-refractivity contribution in [2.45, 2.75) is 43.2 Å². The molecule has 0 radical (unpaired) electrons. The van der Waals surface area contributed by atoms with Gasteiger partial charge < -0.3 is 57.6 Å². The fourth-order valence-corrected chi connectivity index (χ4v) is 6.37. The molecule has 0 heterocycles. The Hall–Kier alpha value is -0.956. The predicted molar refractivity (Wildman–Crippen MR) is 135 cm³/mol.